The maximum absolute atomic E-state index is 12.4. The minimum atomic E-state index is -0.138. The van der Waals surface area contributed by atoms with Gasteiger partial charge < -0.3 is 14.5 Å². The average molecular weight is 447 g/mol. The predicted octanol–water partition coefficient (Wildman–Crippen LogP) is 5.03. The summed E-state index contributed by atoms with van der Waals surface area (Å²) in [6.07, 6.45) is 3.34. The number of rotatable bonds is 10. The minimum Gasteiger partial charge on any atom is -0.489 e. The van der Waals surface area contributed by atoms with Crippen LogP contribution in [0, 0.1) is 0 Å². The van der Waals surface area contributed by atoms with Gasteiger partial charge in [-0.15, -0.1) is 16.8 Å². The number of ether oxygens (including phenoxy) is 1. The van der Waals surface area contributed by atoms with Crippen molar-refractivity contribution >= 4 is 23.4 Å². The first-order valence-electron chi connectivity index (χ1n) is 10.0. The third-order valence-corrected chi connectivity index (χ3v) is 5.46. The van der Waals surface area contributed by atoms with E-state index in [0.717, 1.165) is 11.3 Å². The van der Waals surface area contributed by atoms with Crippen molar-refractivity contribution in [2.45, 2.75) is 18.3 Å². The molecule has 1 N–H and O–H groups in total. The van der Waals surface area contributed by atoms with Gasteiger partial charge in [-0.25, -0.2) is 0 Å². The van der Waals surface area contributed by atoms with E-state index in [1.807, 2.05) is 65.2 Å². The second kappa shape index (κ2) is 10.5. The Balaban J connectivity index is 1.31. The van der Waals surface area contributed by atoms with Crippen LogP contribution in [0.5, 0.6) is 5.75 Å². The van der Waals surface area contributed by atoms with Gasteiger partial charge in [0.2, 0.25) is 11.7 Å². The van der Waals surface area contributed by atoms with Crippen molar-refractivity contribution in [1.29, 1.82) is 0 Å². The lowest BCUT2D eigenvalue weighted by Gasteiger charge is -2.09. The highest BCUT2D eigenvalue weighted by molar-refractivity contribution is 7.99. The molecule has 7 nitrogen and oxygen atoms in total. The molecule has 2 aromatic heterocycles. The number of hydrogen-bond acceptors (Lipinski definition) is 6. The molecular weight excluding hydrogens is 424 g/mol. The van der Waals surface area contributed by atoms with Crippen LogP contribution in [0.1, 0.15) is 5.56 Å². The van der Waals surface area contributed by atoms with Crippen molar-refractivity contribution in [2.24, 2.45) is 0 Å². The second-order valence-corrected chi connectivity index (χ2v) is 7.76. The summed E-state index contributed by atoms with van der Waals surface area (Å²) in [5, 5.41) is 11.9. The Morgan fingerprint density at radius 3 is 2.62 bits per heavy atom. The molecule has 4 rings (SSSR count). The van der Waals surface area contributed by atoms with Crippen molar-refractivity contribution in [3.63, 3.8) is 0 Å². The summed E-state index contributed by atoms with van der Waals surface area (Å²) >= 11 is 1.30. The standard InChI is InChI=1S/C24H22N4O3S/c1-2-14-28-23(21-9-6-15-30-21)26-27-24(28)32-17-22(29)25-19-10-12-20(13-11-19)31-16-18-7-4-3-5-8-18/h2-13,15H,1,14,16-17H2,(H,25,29). The van der Waals surface area contributed by atoms with Gasteiger partial charge in [0.05, 0.1) is 12.0 Å². The van der Waals surface area contributed by atoms with Crippen molar-refractivity contribution in [3.05, 3.63) is 91.2 Å². The number of anilines is 1. The Labute approximate surface area is 190 Å². The van der Waals surface area contributed by atoms with Gasteiger partial charge >= 0.3 is 0 Å². The highest BCUT2D eigenvalue weighted by Gasteiger charge is 2.16. The van der Waals surface area contributed by atoms with Gasteiger partial charge in [-0.3, -0.25) is 9.36 Å². The quantitative estimate of drug-likeness (QED) is 0.272. The van der Waals surface area contributed by atoms with Crippen LogP contribution in [-0.4, -0.2) is 26.4 Å². The molecule has 0 atom stereocenters. The average Bonchev–Trinajstić information content (AvgIpc) is 3.48. The summed E-state index contributed by atoms with van der Waals surface area (Å²) in [4.78, 5) is 12.4. The summed E-state index contributed by atoms with van der Waals surface area (Å²) < 4.78 is 13.1. The smallest absolute Gasteiger partial charge is 0.234 e. The number of aromatic nitrogens is 3. The van der Waals surface area contributed by atoms with E-state index < -0.39 is 0 Å². The molecule has 1 amide bonds. The lowest BCUT2D eigenvalue weighted by atomic mass is 10.2. The van der Waals surface area contributed by atoms with E-state index in [2.05, 4.69) is 22.1 Å². The fraction of sp³-hybridized carbons (Fsp3) is 0.125. The van der Waals surface area contributed by atoms with Crippen LogP contribution in [0.3, 0.4) is 0 Å². The molecule has 2 heterocycles. The van der Waals surface area contributed by atoms with Gasteiger partial charge in [0.25, 0.3) is 0 Å². The van der Waals surface area contributed by atoms with E-state index >= 15 is 0 Å². The van der Waals surface area contributed by atoms with Crippen LogP contribution in [0.4, 0.5) is 5.69 Å². The Bertz CT molecular complexity index is 1160. The van der Waals surface area contributed by atoms with Crippen molar-refractivity contribution in [2.75, 3.05) is 11.1 Å². The number of benzene rings is 2. The molecule has 32 heavy (non-hydrogen) atoms. The number of nitrogens with zero attached hydrogens (tertiary/aromatic N) is 3. The predicted molar refractivity (Wildman–Crippen MR) is 124 cm³/mol. The number of thioether (sulfide) groups is 1. The van der Waals surface area contributed by atoms with E-state index in [9.17, 15) is 4.79 Å². The molecule has 162 valence electrons. The Morgan fingerprint density at radius 2 is 1.91 bits per heavy atom. The topological polar surface area (TPSA) is 82.2 Å². The first-order chi connectivity index (χ1) is 15.7. The molecule has 0 unspecified atom stereocenters. The van der Waals surface area contributed by atoms with E-state index in [0.29, 0.717) is 35.6 Å². The van der Waals surface area contributed by atoms with Crippen LogP contribution < -0.4 is 10.1 Å². The summed E-state index contributed by atoms with van der Waals surface area (Å²) in [5.41, 5.74) is 1.80. The van der Waals surface area contributed by atoms with E-state index in [1.54, 1.807) is 18.4 Å². The molecule has 0 saturated carbocycles. The second-order valence-electron chi connectivity index (χ2n) is 6.82. The van der Waals surface area contributed by atoms with Gasteiger partial charge in [-0.2, -0.15) is 0 Å². The fourth-order valence-corrected chi connectivity index (χ4v) is 3.73. The highest BCUT2D eigenvalue weighted by atomic mass is 32.2. The number of nitrogens with one attached hydrogen (secondary N) is 1. The highest BCUT2D eigenvalue weighted by Crippen LogP contribution is 2.25. The monoisotopic (exact) mass is 446 g/mol. The number of allylic oxidation sites excluding steroid dienone is 1. The van der Waals surface area contributed by atoms with Gasteiger partial charge in [-0.05, 0) is 42.0 Å². The van der Waals surface area contributed by atoms with Gasteiger partial charge in [0.15, 0.2) is 10.9 Å². The van der Waals surface area contributed by atoms with Crippen LogP contribution in [0.25, 0.3) is 11.6 Å². The third-order valence-electron chi connectivity index (χ3n) is 4.49. The van der Waals surface area contributed by atoms with Crippen molar-refractivity contribution < 1.29 is 13.9 Å². The van der Waals surface area contributed by atoms with Gasteiger partial charge in [0.1, 0.15) is 12.4 Å². The maximum Gasteiger partial charge on any atom is 0.234 e. The molecule has 0 aliphatic rings. The Hall–Kier alpha value is -3.78. The third kappa shape index (κ3) is 5.47. The maximum atomic E-state index is 12.4. The molecule has 8 heteroatoms. The zero-order chi connectivity index (χ0) is 22.2. The van der Waals surface area contributed by atoms with Gasteiger partial charge in [0, 0.05) is 12.2 Å². The first kappa shape index (κ1) is 21.5. The van der Waals surface area contributed by atoms with E-state index in [1.165, 1.54) is 11.8 Å². The van der Waals surface area contributed by atoms with Crippen molar-refractivity contribution in [1.82, 2.24) is 14.8 Å². The molecule has 0 aliphatic carbocycles. The Morgan fingerprint density at radius 1 is 1.09 bits per heavy atom. The molecule has 4 aromatic rings. The van der Waals surface area contributed by atoms with Gasteiger partial charge in [-0.1, -0.05) is 48.2 Å². The summed E-state index contributed by atoms with van der Waals surface area (Å²) in [6, 6.07) is 20.9. The van der Waals surface area contributed by atoms with Crippen LogP contribution >= 0.6 is 11.8 Å². The first-order valence-corrected chi connectivity index (χ1v) is 11.0. The fourth-order valence-electron chi connectivity index (χ4n) is 2.98. The summed E-state index contributed by atoms with van der Waals surface area (Å²) in [6.45, 7) is 4.79. The zero-order valence-electron chi connectivity index (χ0n) is 17.3. The number of amides is 1. The van der Waals surface area contributed by atoms with Crippen LogP contribution in [0.15, 0.2) is 95.2 Å². The molecule has 0 radical (unpaired) electrons. The number of carbonyl (C=O) groups is 1. The van der Waals surface area contributed by atoms with Crippen LogP contribution in [-0.2, 0) is 17.9 Å². The molecular formula is C24H22N4O3S. The minimum absolute atomic E-state index is 0.138. The Kier molecular flexibility index (Phi) is 7.04. The normalized spacial score (nSPS) is 10.6. The molecule has 0 saturated heterocycles. The van der Waals surface area contributed by atoms with Crippen molar-refractivity contribution in [3.8, 4) is 17.3 Å². The largest absolute Gasteiger partial charge is 0.489 e. The molecule has 0 fully saturated rings. The SMILES string of the molecule is C=CCn1c(SCC(=O)Nc2ccc(OCc3ccccc3)cc2)nnc1-c1ccco1. The number of furan rings is 1. The van der Waals surface area contributed by atoms with E-state index in [4.69, 9.17) is 9.15 Å². The molecule has 0 bridgehead atoms. The molecule has 2 aromatic carbocycles. The lowest BCUT2D eigenvalue weighted by Crippen LogP contribution is -2.14. The number of carbonyl (C=O) groups excluding carboxylic acids is 1. The van der Waals surface area contributed by atoms with Crippen LogP contribution in [0.2, 0.25) is 0 Å². The lowest BCUT2D eigenvalue weighted by molar-refractivity contribution is -0.113. The summed E-state index contributed by atoms with van der Waals surface area (Å²) in [7, 11) is 0. The van der Waals surface area contributed by atoms with E-state index in [-0.39, 0.29) is 11.7 Å². The molecule has 0 aliphatic heterocycles. The molecule has 0 spiro atoms. The number of hydrogen-bond donors (Lipinski definition) is 1. The summed E-state index contributed by atoms with van der Waals surface area (Å²) in [5.74, 6) is 2.01. The zero-order valence-corrected chi connectivity index (χ0v) is 18.1.